The Labute approximate surface area is 125 Å². The van der Waals surface area contributed by atoms with Gasteiger partial charge < -0.3 is 10.2 Å². The van der Waals surface area contributed by atoms with Crippen LogP contribution in [0.15, 0.2) is 12.1 Å². The molecular formula is C16H25NO2S. The first kappa shape index (κ1) is 14.5. The number of hydrogen-bond donors (Lipinski definition) is 2. The molecule has 1 aliphatic carbocycles. The van der Waals surface area contributed by atoms with E-state index in [1.807, 2.05) is 11.3 Å². The summed E-state index contributed by atoms with van der Waals surface area (Å²) in [6.07, 6.45) is 5.48. The second kappa shape index (κ2) is 5.76. The number of aliphatic hydroxyl groups excluding tert-OH is 1. The smallest absolute Gasteiger partial charge is 0.0951 e. The summed E-state index contributed by atoms with van der Waals surface area (Å²) in [6.45, 7) is 4.08. The molecule has 0 unspecified atom stereocenters. The van der Waals surface area contributed by atoms with Crippen LogP contribution >= 0.6 is 11.3 Å². The molecular weight excluding hydrogens is 270 g/mol. The zero-order valence-corrected chi connectivity index (χ0v) is 13.0. The number of β-amino-alcohol motifs (C(OH)–C–C–N with tert-alkyl or cyclic N) is 1. The van der Waals surface area contributed by atoms with Crippen LogP contribution in [0.3, 0.4) is 0 Å². The molecule has 0 radical (unpaired) electrons. The van der Waals surface area contributed by atoms with Crippen molar-refractivity contribution in [2.45, 2.75) is 63.2 Å². The number of rotatable bonds is 3. The number of likely N-dealkylation sites (tertiary alicyclic amines) is 1. The lowest BCUT2D eigenvalue weighted by atomic mass is 9.91. The minimum atomic E-state index is -0.916. The maximum absolute atomic E-state index is 10.0. The van der Waals surface area contributed by atoms with Gasteiger partial charge in [0.15, 0.2) is 0 Å². The molecule has 2 N–H and O–H groups in total. The van der Waals surface area contributed by atoms with Crippen LogP contribution in [0.25, 0.3) is 0 Å². The van der Waals surface area contributed by atoms with Crippen molar-refractivity contribution in [1.29, 1.82) is 0 Å². The average Bonchev–Trinajstić information content (AvgIpc) is 3.04. The van der Waals surface area contributed by atoms with Crippen molar-refractivity contribution >= 4 is 11.3 Å². The molecule has 2 aliphatic rings. The van der Waals surface area contributed by atoms with Crippen LogP contribution in [0.1, 0.15) is 54.7 Å². The molecule has 3 nitrogen and oxygen atoms in total. The molecule has 1 aromatic rings. The molecule has 0 aromatic carbocycles. The molecule has 1 saturated carbocycles. The Hall–Kier alpha value is -0.420. The van der Waals surface area contributed by atoms with Gasteiger partial charge in [0.1, 0.15) is 0 Å². The predicted molar refractivity (Wildman–Crippen MR) is 82.1 cm³/mol. The Bertz CT molecular complexity index is 451. The summed E-state index contributed by atoms with van der Waals surface area (Å²) in [5.41, 5.74) is -0.916. The van der Waals surface area contributed by atoms with Gasteiger partial charge in [0.2, 0.25) is 0 Å². The lowest BCUT2D eigenvalue weighted by molar-refractivity contribution is -0.108. The van der Waals surface area contributed by atoms with Crippen molar-refractivity contribution in [3.63, 3.8) is 0 Å². The third kappa shape index (κ3) is 3.08. The molecule has 0 bridgehead atoms. The highest BCUT2D eigenvalue weighted by Crippen LogP contribution is 2.38. The Morgan fingerprint density at radius 2 is 2.10 bits per heavy atom. The third-order valence-electron chi connectivity index (χ3n) is 4.90. The molecule has 3 rings (SSSR count). The van der Waals surface area contributed by atoms with E-state index < -0.39 is 11.7 Å². The fourth-order valence-corrected chi connectivity index (χ4v) is 4.58. The van der Waals surface area contributed by atoms with Gasteiger partial charge >= 0.3 is 0 Å². The van der Waals surface area contributed by atoms with Crippen LogP contribution in [0.5, 0.6) is 0 Å². The van der Waals surface area contributed by atoms with Crippen LogP contribution in [-0.4, -0.2) is 39.9 Å². The Balaban J connectivity index is 1.58. The molecule has 2 atom stereocenters. The van der Waals surface area contributed by atoms with Crippen LogP contribution in [0.4, 0.5) is 0 Å². The van der Waals surface area contributed by atoms with Crippen molar-refractivity contribution in [2.75, 3.05) is 13.1 Å². The average molecular weight is 295 g/mol. The van der Waals surface area contributed by atoms with Gasteiger partial charge in [-0.3, -0.25) is 4.90 Å². The molecule has 2 heterocycles. The number of piperidine rings is 1. The third-order valence-corrected chi connectivity index (χ3v) is 6.14. The summed E-state index contributed by atoms with van der Waals surface area (Å²) in [6, 6.07) is 4.55. The van der Waals surface area contributed by atoms with Crippen molar-refractivity contribution in [3.8, 4) is 0 Å². The lowest BCUT2D eigenvalue weighted by Gasteiger charge is -2.39. The van der Waals surface area contributed by atoms with Crippen molar-refractivity contribution in [1.82, 2.24) is 4.90 Å². The van der Waals surface area contributed by atoms with E-state index >= 15 is 0 Å². The summed E-state index contributed by atoms with van der Waals surface area (Å²) in [5, 5.41) is 20.0. The van der Waals surface area contributed by atoms with E-state index in [0.717, 1.165) is 19.0 Å². The monoisotopic (exact) mass is 295 g/mol. The standard InChI is InChI=1S/C16H25NO2S/c1-16(19)8-9-17(11-15(16)18)10-13-6-7-14(20-13)12-4-2-3-5-12/h6-7,12,15,18-19H,2-5,8-11H2,1H3/t15-,16-/m1/s1. The number of thiophene rings is 1. The van der Waals surface area contributed by atoms with Gasteiger partial charge in [0.25, 0.3) is 0 Å². The Morgan fingerprint density at radius 3 is 2.80 bits per heavy atom. The SMILES string of the molecule is C[C@@]1(O)CCN(Cc2ccc(C3CCCC3)s2)C[C@H]1O. The zero-order valence-electron chi connectivity index (χ0n) is 12.2. The summed E-state index contributed by atoms with van der Waals surface area (Å²) in [5.74, 6) is 0.793. The van der Waals surface area contributed by atoms with Gasteiger partial charge in [0, 0.05) is 29.4 Å². The van der Waals surface area contributed by atoms with Crippen molar-refractivity contribution in [2.24, 2.45) is 0 Å². The van der Waals surface area contributed by atoms with Gasteiger partial charge in [-0.15, -0.1) is 11.3 Å². The molecule has 1 aliphatic heterocycles. The molecule has 4 heteroatoms. The number of aliphatic hydroxyl groups is 2. The fraction of sp³-hybridized carbons (Fsp3) is 0.750. The maximum Gasteiger partial charge on any atom is 0.0951 e. The van der Waals surface area contributed by atoms with E-state index in [4.69, 9.17) is 0 Å². The first-order chi connectivity index (χ1) is 9.54. The van der Waals surface area contributed by atoms with E-state index in [-0.39, 0.29) is 0 Å². The fourth-order valence-electron chi connectivity index (χ4n) is 3.36. The maximum atomic E-state index is 10.0. The highest BCUT2D eigenvalue weighted by molar-refractivity contribution is 7.12. The van der Waals surface area contributed by atoms with E-state index in [1.165, 1.54) is 30.6 Å². The van der Waals surface area contributed by atoms with Gasteiger partial charge in [-0.25, -0.2) is 0 Å². The summed E-state index contributed by atoms with van der Waals surface area (Å²) < 4.78 is 0. The summed E-state index contributed by atoms with van der Waals surface area (Å²) in [7, 11) is 0. The van der Waals surface area contributed by atoms with Gasteiger partial charge in [-0.05, 0) is 44.2 Å². The normalized spacial score (nSPS) is 32.9. The van der Waals surface area contributed by atoms with E-state index in [2.05, 4.69) is 17.0 Å². The number of hydrogen-bond acceptors (Lipinski definition) is 4. The highest BCUT2D eigenvalue weighted by atomic mass is 32.1. The molecule has 20 heavy (non-hydrogen) atoms. The van der Waals surface area contributed by atoms with Crippen LogP contribution in [-0.2, 0) is 6.54 Å². The van der Waals surface area contributed by atoms with Gasteiger partial charge in [0.05, 0.1) is 11.7 Å². The topological polar surface area (TPSA) is 43.7 Å². The highest BCUT2D eigenvalue weighted by Gasteiger charge is 2.36. The van der Waals surface area contributed by atoms with Crippen LogP contribution < -0.4 is 0 Å². The molecule has 1 aromatic heterocycles. The van der Waals surface area contributed by atoms with Crippen LogP contribution in [0.2, 0.25) is 0 Å². The second-order valence-electron chi connectivity index (χ2n) is 6.64. The molecule has 1 saturated heterocycles. The lowest BCUT2D eigenvalue weighted by Crippen LogP contribution is -2.53. The van der Waals surface area contributed by atoms with Gasteiger partial charge in [-0.1, -0.05) is 12.8 Å². The predicted octanol–water partition coefficient (Wildman–Crippen LogP) is 2.72. The summed E-state index contributed by atoms with van der Waals surface area (Å²) in [4.78, 5) is 5.19. The van der Waals surface area contributed by atoms with Crippen molar-refractivity contribution in [3.05, 3.63) is 21.9 Å². The van der Waals surface area contributed by atoms with Crippen LogP contribution in [0, 0.1) is 0 Å². The Morgan fingerprint density at radius 1 is 1.35 bits per heavy atom. The zero-order chi connectivity index (χ0) is 14.2. The molecule has 0 amide bonds. The minimum Gasteiger partial charge on any atom is -0.389 e. The number of nitrogens with zero attached hydrogens (tertiary/aromatic N) is 1. The second-order valence-corrected chi connectivity index (χ2v) is 7.84. The minimum absolute atomic E-state index is 0.573. The molecule has 2 fully saturated rings. The van der Waals surface area contributed by atoms with E-state index in [1.54, 1.807) is 11.8 Å². The molecule has 0 spiro atoms. The quantitative estimate of drug-likeness (QED) is 0.901. The molecule has 112 valence electrons. The Kier molecular flexibility index (Phi) is 4.18. The first-order valence-corrected chi connectivity index (χ1v) is 8.58. The first-order valence-electron chi connectivity index (χ1n) is 7.76. The summed E-state index contributed by atoms with van der Waals surface area (Å²) >= 11 is 1.94. The van der Waals surface area contributed by atoms with Crippen molar-refractivity contribution < 1.29 is 10.2 Å². The van der Waals surface area contributed by atoms with Gasteiger partial charge in [-0.2, -0.15) is 0 Å². The van der Waals surface area contributed by atoms with E-state index in [0.29, 0.717) is 13.0 Å². The largest absolute Gasteiger partial charge is 0.389 e. The van der Waals surface area contributed by atoms with E-state index in [9.17, 15) is 10.2 Å².